The van der Waals surface area contributed by atoms with E-state index in [1.807, 2.05) is 6.92 Å². The van der Waals surface area contributed by atoms with Gasteiger partial charge < -0.3 is 10.2 Å². The topological polar surface area (TPSA) is 15.3 Å². The summed E-state index contributed by atoms with van der Waals surface area (Å²) in [6.45, 7) is 5.24. The van der Waals surface area contributed by atoms with Crippen molar-refractivity contribution in [1.82, 2.24) is 10.2 Å². The van der Waals surface area contributed by atoms with Crippen molar-refractivity contribution >= 4 is 11.8 Å². The quantitative estimate of drug-likeness (QED) is 0.799. The Morgan fingerprint density at radius 2 is 2.12 bits per heavy atom. The minimum absolute atomic E-state index is 0.0772. The molecule has 6 heteroatoms. The minimum Gasteiger partial charge on any atom is -0.313 e. The number of halogens is 3. The highest BCUT2D eigenvalue weighted by atomic mass is 32.2. The van der Waals surface area contributed by atoms with E-state index in [2.05, 4.69) is 10.2 Å². The van der Waals surface area contributed by atoms with Gasteiger partial charge in [0.25, 0.3) is 0 Å². The lowest BCUT2D eigenvalue weighted by atomic mass is 10.0. The first-order valence-electron chi connectivity index (χ1n) is 6.17. The van der Waals surface area contributed by atoms with Crippen molar-refractivity contribution in [2.75, 3.05) is 31.9 Å². The van der Waals surface area contributed by atoms with Gasteiger partial charge in [-0.3, -0.25) is 0 Å². The first-order chi connectivity index (χ1) is 8.01. The fraction of sp³-hybridized carbons (Fsp3) is 1.00. The van der Waals surface area contributed by atoms with Gasteiger partial charge in [-0.25, -0.2) is 0 Å². The second-order valence-corrected chi connectivity index (χ2v) is 5.49. The molecule has 1 fully saturated rings. The first kappa shape index (κ1) is 15.1. The molecule has 2 nitrogen and oxygen atoms in total. The molecular weight excluding hydrogens is 249 g/mol. The molecule has 1 heterocycles. The van der Waals surface area contributed by atoms with Crippen molar-refractivity contribution in [2.45, 2.75) is 37.7 Å². The molecule has 1 saturated heterocycles. The van der Waals surface area contributed by atoms with Crippen molar-refractivity contribution in [1.29, 1.82) is 0 Å². The number of hydrogen-bond acceptors (Lipinski definition) is 3. The van der Waals surface area contributed by atoms with E-state index >= 15 is 0 Å². The Labute approximate surface area is 105 Å². The first-order valence-corrected chi connectivity index (χ1v) is 7.16. The second-order valence-electron chi connectivity index (χ2n) is 4.33. The van der Waals surface area contributed by atoms with Gasteiger partial charge in [-0.1, -0.05) is 13.3 Å². The van der Waals surface area contributed by atoms with Gasteiger partial charge in [0.15, 0.2) is 0 Å². The van der Waals surface area contributed by atoms with Crippen LogP contribution >= 0.6 is 11.8 Å². The van der Waals surface area contributed by atoms with Crippen LogP contribution in [0.25, 0.3) is 0 Å². The molecular formula is C11H21F3N2S. The van der Waals surface area contributed by atoms with Crippen molar-refractivity contribution < 1.29 is 13.2 Å². The number of alkyl halides is 3. The maximum Gasteiger partial charge on any atom is 0.441 e. The van der Waals surface area contributed by atoms with Gasteiger partial charge in [-0.05, 0) is 37.7 Å². The number of rotatable bonds is 6. The van der Waals surface area contributed by atoms with Gasteiger partial charge in [-0.2, -0.15) is 13.2 Å². The fourth-order valence-corrected chi connectivity index (χ4v) is 2.64. The van der Waals surface area contributed by atoms with Crippen LogP contribution in [0.1, 0.15) is 26.2 Å². The Kier molecular flexibility index (Phi) is 6.66. The molecule has 1 aliphatic heterocycles. The second kappa shape index (κ2) is 7.48. The average molecular weight is 270 g/mol. The summed E-state index contributed by atoms with van der Waals surface area (Å²) in [5, 5.41) is 3.42. The lowest BCUT2D eigenvalue weighted by Gasteiger charge is -2.29. The van der Waals surface area contributed by atoms with Crippen LogP contribution in [0.2, 0.25) is 0 Å². The molecule has 0 aromatic carbocycles. The molecule has 0 spiro atoms. The van der Waals surface area contributed by atoms with Gasteiger partial charge in [0.05, 0.1) is 0 Å². The van der Waals surface area contributed by atoms with Gasteiger partial charge in [0.1, 0.15) is 0 Å². The predicted octanol–water partition coefficient (Wildman–Crippen LogP) is 2.70. The fourth-order valence-electron chi connectivity index (χ4n) is 2.06. The van der Waals surface area contributed by atoms with Crippen LogP contribution in [0.4, 0.5) is 13.2 Å². The SMILES string of the molecule is CCN(CCSC(F)(F)F)CC1CCCCN1. The standard InChI is InChI=1S/C11H21F3N2S/c1-2-16(7-8-17-11(12,13)14)9-10-5-3-4-6-15-10/h10,15H,2-9H2,1H3. The molecule has 102 valence electrons. The summed E-state index contributed by atoms with van der Waals surface area (Å²) in [5.74, 6) is 0.129. The maximum absolute atomic E-state index is 12.0. The normalized spacial score (nSPS) is 22.1. The Bertz CT molecular complexity index is 205. The van der Waals surface area contributed by atoms with E-state index in [0.29, 0.717) is 12.6 Å². The number of thioether (sulfide) groups is 1. The number of piperidine rings is 1. The van der Waals surface area contributed by atoms with Crippen molar-refractivity contribution in [3.05, 3.63) is 0 Å². The zero-order valence-corrected chi connectivity index (χ0v) is 11.0. The molecule has 17 heavy (non-hydrogen) atoms. The Balaban J connectivity index is 2.18. The Morgan fingerprint density at radius 3 is 2.65 bits per heavy atom. The molecule has 0 radical (unpaired) electrons. The third kappa shape index (κ3) is 7.16. The molecule has 1 aliphatic rings. The van der Waals surface area contributed by atoms with Crippen LogP contribution in [0.3, 0.4) is 0 Å². The number of nitrogens with zero attached hydrogens (tertiary/aromatic N) is 1. The summed E-state index contributed by atoms with van der Waals surface area (Å²) < 4.78 is 36.0. The smallest absolute Gasteiger partial charge is 0.313 e. The Morgan fingerprint density at radius 1 is 1.35 bits per heavy atom. The van der Waals surface area contributed by atoms with E-state index in [1.165, 1.54) is 12.8 Å². The van der Waals surface area contributed by atoms with Crippen LogP contribution < -0.4 is 5.32 Å². The van der Waals surface area contributed by atoms with E-state index in [1.54, 1.807) is 0 Å². The zero-order valence-electron chi connectivity index (χ0n) is 10.2. The molecule has 1 atom stereocenters. The highest BCUT2D eigenvalue weighted by molar-refractivity contribution is 8.00. The van der Waals surface area contributed by atoms with Crippen molar-refractivity contribution in [2.24, 2.45) is 0 Å². The largest absolute Gasteiger partial charge is 0.441 e. The number of likely N-dealkylation sites (N-methyl/N-ethyl adjacent to an activating group) is 1. The summed E-state index contributed by atoms with van der Waals surface area (Å²) >= 11 is 0.0772. The van der Waals surface area contributed by atoms with Gasteiger partial charge in [0.2, 0.25) is 0 Å². The van der Waals surface area contributed by atoms with Crippen molar-refractivity contribution in [3.8, 4) is 0 Å². The molecule has 0 bridgehead atoms. The van der Waals surface area contributed by atoms with Crippen LogP contribution in [0.15, 0.2) is 0 Å². The van der Waals surface area contributed by atoms with Crippen LogP contribution in [-0.4, -0.2) is 48.4 Å². The van der Waals surface area contributed by atoms with Crippen LogP contribution in [0.5, 0.6) is 0 Å². The molecule has 1 N–H and O–H groups in total. The lowest BCUT2D eigenvalue weighted by molar-refractivity contribution is -0.0328. The van der Waals surface area contributed by atoms with Gasteiger partial charge in [-0.15, -0.1) is 0 Å². The summed E-state index contributed by atoms with van der Waals surface area (Å²) in [5.41, 5.74) is -4.09. The van der Waals surface area contributed by atoms with E-state index in [0.717, 1.165) is 26.1 Å². The molecule has 0 aliphatic carbocycles. The van der Waals surface area contributed by atoms with Crippen LogP contribution in [-0.2, 0) is 0 Å². The monoisotopic (exact) mass is 270 g/mol. The van der Waals surface area contributed by atoms with E-state index in [9.17, 15) is 13.2 Å². The number of hydrogen-bond donors (Lipinski definition) is 1. The molecule has 0 amide bonds. The molecule has 0 saturated carbocycles. The summed E-state index contributed by atoms with van der Waals surface area (Å²) in [6, 6.07) is 0.458. The molecule has 1 unspecified atom stereocenters. The number of nitrogens with one attached hydrogen (secondary N) is 1. The summed E-state index contributed by atoms with van der Waals surface area (Å²) in [7, 11) is 0. The van der Waals surface area contributed by atoms with E-state index in [-0.39, 0.29) is 17.5 Å². The van der Waals surface area contributed by atoms with Gasteiger partial charge in [0, 0.05) is 24.9 Å². The molecule has 0 aromatic rings. The van der Waals surface area contributed by atoms with Gasteiger partial charge >= 0.3 is 5.51 Å². The highest BCUT2D eigenvalue weighted by Crippen LogP contribution is 2.29. The lowest BCUT2D eigenvalue weighted by Crippen LogP contribution is -2.44. The molecule has 0 aromatic heterocycles. The predicted molar refractivity (Wildman–Crippen MR) is 66.3 cm³/mol. The highest BCUT2D eigenvalue weighted by Gasteiger charge is 2.28. The zero-order chi connectivity index (χ0) is 12.7. The minimum atomic E-state index is -4.09. The third-order valence-electron chi connectivity index (χ3n) is 3.01. The molecule has 1 rings (SSSR count). The van der Waals surface area contributed by atoms with E-state index in [4.69, 9.17) is 0 Å². The summed E-state index contributed by atoms with van der Waals surface area (Å²) in [6.07, 6.45) is 3.59. The van der Waals surface area contributed by atoms with E-state index < -0.39 is 5.51 Å². The van der Waals surface area contributed by atoms with Crippen molar-refractivity contribution in [3.63, 3.8) is 0 Å². The van der Waals surface area contributed by atoms with Crippen LogP contribution in [0, 0.1) is 0 Å². The maximum atomic E-state index is 12.0. The Hall–Kier alpha value is 0.0600. The summed E-state index contributed by atoms with van der Waals surface area (Å²) in [4.78, 5) is 2.10. The third-order valence-corrected chi connectivity index (χ3v) is 3.73. The average Bonchev–Trinajstić information content (AvgIpc) is 2.27.